The lowest BCUT2D eigenvalue weighted by molar-refractivity contribution is 0.0834. The second-order valence-electron chi connectivity index (χ2n) is 6.92. The Morgan fingerprint density at radius 1 is 1.59 bits per heavy atom. The molecule has 1 aliphatic carbocycles. The molecule has 142 valence electrons. The zero-order valence-corrected chi connectivity index (χ0v) is 17.5. The van der Waals surface area contributed by atoms with Crippen LogP contribution in [0, 0.1) is 11.5 Å². The molecule has 1 aromatic carbocycles. The van der Waals surface area contributed by atoms with Crippen LogP contribution < -0.4 is 9.47 Å². The quantitative estimate of drug-likeness (QED) is 0.307. The number of methoxy groups -OCH3 is 1. The lowest BCUT2D eigenvalue weighted by Gasteiger charge is -2.36. The first-order valence-corrected chi connectivity index (χ1v) is 10.8. The topological polar surface area (TPSA) is 78.1 Å². The van der Waals surface area contributed by atoms with Crippen molar-refractivity contribution < 1.29 is 14.6 Å². The van der Waals surface area contributed by atoms with E-state index in [1.807, 2.05) is 24.6 Å². The van der Waals surface area contributed by atoms with Gasteiger partial charge in [0.2, 0.25) is 6.19 Å². The van der Waals surface area contributed by atoms with Crippen molar-refractivity contribution in [2.75, 3.05) is 19.9 Å². The van der Waals surface area contributed by atoms with Gasteiger partial charge in [0.1, 0.15) is 6.10 Å². The molecule has 1 N–H and O–H groups in total. The normalized spacial score (nSPS) is 28.7. The summed E-state index contributed by atoms with van der Waals surface area (Å²) in [5.41, 5.74) is 1.93. The van der Waals surface area contributed by atoms with Gasteiger partial charge in [-0.25, -0.2) is 0 Å². The molecule has 2 heterocycles. The molecule has 1 spiro atoms. The molecule has 6 nitrogen and oxygen atoms in total. The minimum absolute atomic E-state index is 0.139. The molecule has 2 aliphatic heterocycles. The Morgan fingerprint density at radius 2 is 2.41 bits per heavy atom. The molecule has 0 radical (unpaired) electrons. The van der Waals surface area contributed by atoms with Crippen LogP contribution in [-0.4, -0.2) is 47.3 Å². The Labute approximate surface area is 171 Å². The predicted molar refractivity (Wildman–Crippen MR) is 108 cm³/mol. The fourth-order valence-corrected chi connectivity index (χ4v) is 5.49. The van der Waals surface area contributed by atoms with E-state index in [0.717, 1.165) is 34.3 Å². The number of hydrogen-bond acceptors (Lipinski definition) is 6. The van der Waals surface area contributed by atoms with Crippen molar-refractivity contribution in [2.45, 2.75) is 37.0 Å². The maximum Gasteiger partial charge on any atom is 0.208 e. The molecule has 1 aromatic rings. The van der Waals surface area contributed by atoms with Gasteiger partial charge < -0.3 is 19.5 Å². The number of thioether (sulfide) groups is 1. The first-order valence-electron chi connectivity index (χ1n) is 8.73. The van der Waals surface area contributed by atoms with Gasteiger partial charge in [-0.1, -0.05) is 39.8 Å². The van der Waals surface area contributed by atoms with Crippen molar-refractivity contribution >= 4 is 32.9 Å². The average molecular weight is 450 g/mol. The highest BCUT2D eigenvalue weighted by Gasteiger charge is 2.53. The van der Waals surface area contributed by atoms with E-state index in [1.165, 1.54) is 11.8 Å². The summed E-state index contributed by atoms with van der Waals surface area (Å²) in [5, 5.41) is 19.9. The fourth-order valence-electron chi connectivity index (χ4n) is 4.41. The Hall–Kier alpha value is -1.69. The van der Waals surface area contributed by atoms with Crippen LogP contribution >= 0.6 is 27.7 Å². The van der Waals surface area contributed by atoms with E-state index in [2.05, 4.69) is 31.9 Å². The zero-order valence-electron chi connectivity index (χ0n) is 15.1. The van der Waals surface area contributed by atoms with Gasteiger partial charge in [0.05, 0.1) is 18.6 Å². The van der Waals surface area contributed by atoms with Crippen LogP contribution in [0.1, 0.15) is 24.0 Å². The monoisotopic (exact) mass is 449 g/mol. The van der Waals surface area contributed by atoms with E-state index < -0.39 is 6.10 Å². The third kappa shape index (κ3) is 2.84. The van der Waals surface area contributed by atoms with E-state index in [0.29, 0.717) is 23.9 Å². The first kappa shape index (κ1) is 18.7. The van der Waals surface area contributed by atoms with E-state index >= 15 is 0 Å². The number of aliphatic hydroxyl groups is 1. The Morgan fingerprint density at radius 3 is 3.11 bits per heavy atom. The number of hydrogen-bond donors (Lipinski definition) is 1. The minimum Gasteiger partial charge on any atom is -0.493 e. The number of halogens is 1. The Kier molecular flexibility index (Phi) is 4.87. The van der Waals surface area contributed by atoms with Crippen molar-refractivity contribution in [3.8, 4) is 17.7 Å². The summed E-state index contributed by atoms with van der Waals surface area (Å²) >= 11 is 5.19. The molecule has 0 saturated carbocycles. The van der Waals surface area contributed by atoms with Crippen LogP contribution in [0.5, 0.6) is 11.5 Å². The van der Waals surface area contributed by atoms with Gasteiger partial charge in [0.15, 0.2) is 16.7 Å². The van der Waals surface area contributed by atoms with Gasteiger partial charge >= 0.3 is 0 Å². The number of aliphatic hydroxyl groups excluding tert-OH is 1. The Bertz CT molecular complexity index is 882. The summed E-state index contributed by atoms with van der Waals surface area (Å²) in [4.78, 5) is 6.15. The molecular formula is C19H20BrN3O3S. The Balaban J connectivity index is 1.91. The molecule has 4 rings (SSSR count). The van der Waals surface area contributed by atoms with Gasteiger partial charge in [-0.3, -0.25) is 0 Å². The second-order valence-corrected chi connectivity index (χ2v) is 8.55. The standard InChI is InChI=1S/C19H20BrN3O3S/c1-25-14-8-13(20)12-9-23(18(27-2)22-10-21)6-5-19-4-3-11(24)7-15(19)26-17(14)16(12)19/h3-4,8,11,15,24H,5-7,9H2,1-2H3/t11-,15?,19?/m0/s1. The number of nitrogens with zero attached hydrogens (tertiary/aromatic N) is 3. The molecule has 0 saturated heterocycles. The van der Waals surface area contributed by atoms with Crippen LogP contribution in [0.3, 0.4) is 0 Å². The van der Waals surface area contributed by atoms with Gasteiger partial charge in [-0.2, -0.15) is 5.26 Å². The largest absolute Gasteiger partial charge is 0.493 e. The van der Waals surface area contributed by atoms with E-state index in [1.54, 1.807) is 7.11 Å². The summed E-state index contributed by atoms with van der Waals surface area (Å²) in [6.45, 7) is 1.37. The molecule has 0 aromatic heterocycles. The number of ether oxygens (including phenoxy) is 2. The summed E-state index contributed by atoms with van der Waals surface area (Å²) in [5.74, 6) is 1.46. The highest BCUT2D eigenvalue weighted by atomic mass is 79.9. The van der Waals surface area contributed by atoms with E-state index in [4.69, 9.17) is 14.7 Å². The molecule has 3 atom stereocenters. The number of nitriles is 1. The molecule has 2 unspecified atom stereocenters. The van der Waals surface area contributed by atoms with Crippen molar-refractivity contribution in [3.63, 3.8) is 0 Å². The summed E-state index contributed by atoms with van der Waals surface area (Å²) < 4.78 is 12.9. The highest BCUT2D eigenvalue weighted by Crippen LogP contribution is 2.57. The average Bonchev–Trinajstić information content (AvgIpc) is 2.88. The smallest absolute Gasteiger partial charge is 0.208 e. The molecule has 0 amide bonds. The van der Waals surface area contributed by atoms with Crippen LogP contribution in [-0.2, 0) is 12.0 Å². The lowest BCUT2D eigenvalue weighted by Crippen LogP contribution is -2.43. The molecular weight excluding hydrogens is 430 g/mol. The number of aliphatic imine (C=N–C) groups is 1. The summed E-state index contributed by atoms with van der Waals surface area (Å²) in [7, 11) is 1.64. The van der Waals surface area contributed by atoms with Crippen LogP contribution in [0.4, 0.5) is 0 Å². The van der Waals surface area contributed by atoms with Gasteiger partial charge in [0, 0.05) is 29.5 Å². The molecule has 0 bridgehead atoms. The molecule has 27 heavy (non-hydrogen) atoms. The maximum atomic E-state index is 10.2. The van der Waals surface area contributed by atoms with Crippen molar-refractivity contribution in [2.24, 2.45) is 4.99 Å². The van der Waals surface area contributed by atoms with Gasteiger partial charge in [-0.05, 0) is 24.3 Å². The van der Waals surface area contributed by atoms with Crippen molar-refractivity contribution in [1.82, 2.24) is 4.90 Å². The third-order valence-electron chi connectivity index (χ3n) is 5.63. The predicted octanol–water partition coefficient (Wildman–Crippen LogP) is 3.18. The third-order valence-corrected chi connectivity index (χ3v) is 7.06. The minimum atomic E-state index is -0.505. The number of benzene rings is 1. The first-order chi connectivity index (χ1) is 13.0. The molecule has 8 heteroatoms. The van der Waals surface area contributed by atoms with E-state index in [9.17, 15) is 5.11 Å². The summed E-state index contributed by atoms with van der Waals surface area (Å²) in [6, 6.07) is 1.93. The SMILES string of the molecule is COc1cc(Br)c2c3c1OC1C[C@@H](O)C=CC31CCN(C(=NC#N)SC)C2. The molecule has 0 fully saturated rings. The summed E-state index contributed by atoms with van der Waals surface area (Å²) in [6.07, 6.45) is 8.54. The molecule has 3 aliphatic rings. The highest BCUT2D eigenvalue weighted by molar-refractivity contribution is 9.10. The van der Waals surface area contributed by atoms with Crippen molar-refractivity contribution in [3.05, 3.63) is 33.8 Å². The maximum absolute atomic E-state index is 10.2. The second kappa shape index (κ2) is 7.04. The number of amidine groups is 1. The lowest BCUT2D eigenvalue weighted by atomic mass is 9.69. The van der Waals surface area contributed by atoms with Gasteiger partial charge in [0.25, 0.3) is 0 Å². The van der Waals surface area contributed by atoms with Crippen LogP contribution in [0.25, 0.3) is 0 Å². The fraction of sp³-hybridized carbons (Fsp3) is 0.474. The number of rotatable bonds is 1. The van der Waals surface area contributed by atoms with Gasteiger partial charge in [-0.15, -0.1) is 4.99 Å². The van der Waals surface area contributed by atoms with Crippen LogP contribution in [0.15, 0.2) is 27.7 Å². The van der Waals surface area contributed by atoms with Crippen LogP contribution in [0.2, 0.25) is 0 Å². The van der Waals surface area contributed by atoms with Crippen molar-refractivity contribution in [1.29, 1.82) is 5.26 Å². The van der Waals surface area contributed by atoms with E-state index in [-0.39, 0.29) is 11.5 Å². The zero-order chi connectivity index (χ0) is 19.2.